The lowest BCUT2D eigenvalue weighted by Crippen LogP contribution is -2.26. The predicted octanol–water partition coefficient (Wildman–Crippen LogP) is 1.23. The Bertz CT molecular complexity index is 472. The molecule has 0 saturated carbocycles. The molecule has 0 aliphatic heterocycles. The Morgan fingerprint density at radius 3 is 2.38 bits per heavy atom. The van der Waals surface area contributed by atoms with Gasteiger partial charge in [0.05, 0.1) is 10.7 Å². The first kappa shape index (κ1) is 13.2. The van der Waals surface area contributed by atoms with Gasteiger partial charge in [-0.2, -0.15) is 0 Å². The Hall–Kier alpha value is -0.850. The molecule has 5 nitrogen and oxygen atoms in total. The van der Waals surface area contributed by atoms with E-state index in [0.717, 1.165) is 0 Å². The van der Waals surface area contributed by atoms with Gasteiger partial charge in [-0.25, -0.2) is 13.6 Å². The summed E-state index contributed by atoms with van der Waals surface area (Å²) in [5.74, 6) is 0. The van der Waals surface area contributed by atoms with Crippen molar-refractivity contribution in [2.45, 2.75) is 18.7 Å². The number of nitrogens with two attached hydrogens (primary N) is 1. The summed E-state index contributed by atoms with van der Waals surface area (Å²) in [7, 11) is -3.81. The summed E-state index contributed by atoms with van der Waals surface area (Å²) in [4.78, 5) is 5.53. The highest BCUT2D eigenvalue weighted by atomic mass is 35.5. The highest BCUT2D eigenvalue weighted by Gasteiger charge is 2.20. The molecule has 0 aliphatic rings. The van der Waals surface area contributed by atoms with Crippen molar-refractivity contribution in [2.75, 3.05) is 18.0 Å². The molecule has 90 valence electrons. The molecule has 0 bridgehead atoms. The fourth-order valence-corrected chi connectivity index (χ4v) is 2.52. The third kappa shape index (κ3) is 2.63. The minimum atomic E-state index is -3.81. The van der Waals surface area contributed by atoms with Crippen molar-refractivity contribution in [1.29, 1.82) is 0 Å². The Balaban J connectivity index is 3.46. The van der Waals surface area contributed by atoms with Gasteiger partial charge in [-0.15, -0.1) is 0 Å². The maximum Gasteiger partial charge on any atom is 0.241 e. The van der Waals surface area contributed by atoms with E-state index >= 15 is 0 Å². The standard InChI is InChI=1S/C9H14ClN3O2S/c1-3-13(4-2)9-7(10)5-12-6-8(9)16(11,14)15/h5-6H,3-4H2,1-2H3,(H2,11,14,15). The van der Waals surface area contributed by atoms with E-state index in [1.165, 1.54) is 12.4 Å². The van der Waals surface area contributed by atoms with E-state index in [9.17, 15) is 8.42 Å². The van der Waals surface area contributed by atoms with Crippen molar-refractivity contribution in [3.63, 3.8) is 0 Å². The van der Waals surface area contributed by atoms with Crippen molar-refractivity contribution >= 4 is 27.3 Å². The van der Waals surface area contributed by atoms with E-state index in [2.05, 4.69) is 4.98 Å². The van der Waals surface area contributed by atoms with Gasteiger partial charge in [-0.3, -0.25) is 4.98 Å². The molecule has 1 aromatic rings. The van der Waals surface area contributed by atoms with Gasteiger partial charge >= 0.3 is 0 Å². The largest absolute Gasteiger partial charge is 0.370 e. The van der Waals surface area contributed by atoms with Crippen LogP contribution in [0, 0.1) is 0 Å². The topological polar surface area (TPSA) is 76.3 Å². The molecular weight excluding hydrogens is 250 g/mol. The van der Waals surface area contributed by atoms with Crippen LogP contribution in [0.2, 0.25) is 5.02 Å². The molecule has 16 heavy (non-hydrogen) atoms. The first-order valence-electron chi connectivity index (χ1n) is 4.83. The Labute approximate surface area is 100 Å². The SMILES string of the molecule is CCN(CC)c1c(Cl)cncc1S(N)(=O)=O. The molecule has 2 N–H and O–H groups in total. The Morgan fingerprint density at radius 1 is 1.38 bits per heavy atom. The molecule has 0 radical (unpaired) electrons. The van der Waals surface area contributed by atoms with Crippen LogP contribution in [0.5, 0.6) is 0 Å². The molecule has 1 aromatic heterocycles. The van der Waals surface area contributed by atoms with Crippen LogP contribution >= 0.6 is 11.6 Å². The number of hydrogen-bond acceptors (Lipinski definition) is 4. The first-order valence-corrected chi connectivity index (χ1v) is 6.75. The lowest BCUT2D eigenvalue weighted by molar-refractivity contribution is 0.597. The number of aromatic nitrogens is 1. The minimum Gasteiger partial charge on any atom is -0.370 e. The smallest absolute Gasteiger partial charge is 0.241 e. The Morgan fingerprint density at radius 2 is 1.94 bits per heavy atom. The maximum absolute atomic E-state index is 11.4. The molecule has 0 fully saturated rings. The molecule has 0 aliphatic carbocycles. The van der Waals surface area contributed by atoms with E-state index < -0.39 is 10.0 Å². The maximum atomic E-state index is 11.4. The van der Waals surface area contributed by atoms with Gasteiger partial charge in [0.1, 0.15) is 4.90 Å². The van der Waals surface area contributed by atoms with Crippen LogP contribution in [0.15, 0.2) is 17.3 Å². The third-order valence-corrected chi connectivity index (χ3v) is 3.41. The fraction of sp³-hybridized carbons (Fsp3) is 0.444. The monoisotopic (exact) mass is 263 g/mol. The molecule has 0 amide bonds. The minimum absolute atomic E-state index is 0.0382. The molecule has 0 atom stereocenters. The first-order chi connectivity index (χ1) is 7.41. The molecule has 7 heteroatoms. The van der Waals surface area contributed by atoms with Gasteiger partial charge in [0.15, 0.2) is 0 Å². The summed E-state index contributed by atoms with van der Waals surface area (Å²) in [6.07, 6.45) is 2.62. The quantitative estimate of drug-likeness (QED) is 0.886. The predicted molar refractivity (Wildman–Crippen MR) is 64.2 cm³/mol. The van der Waals surface area contributed by atoms with E-state index in [4.69, 9.17) is 16.7 Å². The number of sulfonamides is 1. The summed E-state index contributed by atoms with van der Waals surface area (Å²) >= 11 is 5.96. The molecule has 1 heterocycles. The molecule has 0 saturated heterocycles. The van der Waals surface area contributed by atoms with Gasteiger partial charge in [0.25, 0.3) is 0 Å². The van der Waals surface area contributed by atoms with Crippen molar-refractivity contribution in [3.05, 3.63) is 17.4 Å². The van der Waals surface area contributed by atoms with E-state index in [1.807, 2.05) is 18.7 Å². The van der Waals surface area contributed by atoms with Crippen LogP contribution < -0.4 is 10.0 Å². The van der Waals surface area contributed by atoms with Gasteiger partial charge < -0.3 is 4.90 Å². The van der Waals surface area contributed by atoms with Crippen molar-refractivity contribution in [2.24, 2.45) is 5.14 Å². The van der Waals surface area contributed by atoms with Crippen LogP contribution in [0.4, 0.5) is 5.69 Å². The average molecular weight is 264 g/mol. The normalized spacial score (nSPS) is 11.5. The third-order valence-electron chi connectivity index (χ3n) is 2.23. The highest BCUT2D eigenvalue weighted by molar-refractivity contribution is 7.89. The van der Waals surface area contributed by atoms with E-state index in [-0.39, 0.29) is 9.92 Å². The zero-order valence-corrected chi connectivity index (χ0v) is 10.7. The summed E-state index contributed by atoms with van der Waals surface area (Å²) in [6, 6.07) is 0. The summed E-state index contributed by atoms with van der Waals surface area (Å²) in [6.45, 7) is 5.10. The molecule has 0 spiro atoms. The summed E-state index contributed by atoms with van der Waals surface area (Å²) in [5, 5.41) is 5.41. The lowest BCUT2D eigenvalue weighted by Gasteiger charge is -2.23. The Kier molecular flexibility index (Phi) is 4.12. The van der Waals surface area contributed by atoms with Crippen LogP contribution in [0.1, 0.15) is 13.8 Å². The van der Waals surface area contributed by atoms with Gasteiger partial charge in [0.2, 0.25) is 10.0 Å². The summed E-state index contributed by atoms with van der Waals surface area (Å²) in [5.41, 5.74) is 0.421. The van der Waals surface area contributed by atoms with Crippen LogP contribution in [-0.2, 0) is 10.0 Å². The van der Waals surface area contributed by atoms with Crippen LogP contribution in [-0.4, -0.2) is 26.5 Å². The second-order valence-electron chi connectivity index (χ2n) is 3.19. The van der Waals surface area contributed by atoms with Crippen molar-refractivity contribution < 1.29 is 8.42 Å². The molecule has 0 unspecified atom stereocenters. The zero-order chi connectivity index (χ0) is 12.3. The lowest BCUT2D eigenvalue weighted by atomic mass is 10.3. The summed E-state index contributed by atoms with van der Waals surface area (Å²) < 4.78 is 22.8. The highest BCUT2D eigenvalue weighted by Crippen LogP contribution is 2.31. The fourth-order valence-electron chi connectivity index (χ4n) is 1.47. The van der Waals surface area contributed by atoms with Gasteiger partial charge in [-0.05, 0) is 13.8 Å². The van der Waals surface area contributed by atoms with Gasteiger partial charge in [0, 0.05) is 25.5 Å². The van der Waals surface area contributed by atoms with E-state index in [0.29, 0.717) is 18.8 Å². The number of rotatable bonds is 4. The molecule has 0 aromatic carbocycles. The van der Waals surface area contributed by atoms with Gasteiger partial charge in [-0.1, -0.05) is 11.6 Å². The number of primary sulfonamides is 1. The zero-order valence-electron chi connectivity index (χ0n) is 9.14. The number of halogens is 1. The van der Waals surface area contributed by atoms with Crippen molar-refractivity contribution in [1.82, 2.24) is 4.98 Å². The number of pyridine rings is 1. The van der Waals surface area contributed by atoms with Crippen molar-refractivity contribution in [3.8, 4) is 0 Å². The number of hydrogen-bond donors (Lipinski definition) is 1. The average Bonchev–Trinajstić information content (AvgIpc) is 2.20. The van der Waals surface area contributed by atoms with Crippen LogP contribution in [0.25, 0.3) is 0 Å². The second-order valence-corrected chi connectivity index (χ2v) is 5.12. The number of nitrogens with zero attached hydrogens (tertiary/aromatic N) is 2. The number of anilines is 1. The van der Waals surface area contributed by atoms with Crippen LogP contribution in [0.3, 0.4) is 0 Å². The molecular formula is C9H14ClN3O2S. The second kappa shape index (κ2) is 4.99. The van der Waals surface area contributed by atoms with E-state index in [1.54, 1.807) is 0 Å². The molecule has 1 rings (SSSR count).